The quantitative estimate of drug-likeness (QED) is 0.531. The van der Waals surface area contributed by atoms with Crippen molar-refractivity contribution >= 4 is 17.6 Å². The first-order valence-electron chi connectivity index (χ1n) is 11.9. The molecular formula is C26H34ClNO3. The van der Waals surface area contributed by atoms with E-state index in [9.17, 15) is 9.90 Å². The average Bonchev–Trinajstić information content (AvgIpc) is 3.02. The van der Waals surface area contributed by atoms with E-state index >= 15 is 0 Å². The minimum Gasteiger partial charge on any atom is -0.462 e. The molecule has 4 fully saturated rings. The lowest BCUT2D eigenvalue weighted by molar-refractivity contribution is -0.146. The minimum atomic E-state index is -0.813. The molecule has 4 aliphatic rings. The SMILES string of the molecule is C=C1CCCC2(C)CC3OC(=O)C(CN4CCC(O)(c5ccc(Cl)cc5)CC4)C3CC12. The van der Waals surface area contributed by atoms with Crippen LogP contribution in [0.1, 0.15) is 57.4 Å². The van der Waals surface area contributed by atoms with E-state index in [1.807, 2.05) is 24.3 Å². The van der Waals surface area contributed by atoms with Crippen molar-refractivity contribution in [2.45, 2.75) is 63.6 Å². The number of piperidine rings is 1. The maximum absolute atomic E-state index is 12.9. The number of likely N-dealkylation sites (tertiary alicyclic amines) is 1. The molecule has 2 aliphatic heterocycles. The molecule has 0 radical (unpaired) electrons. The summed E-state index contributed by atoms with van der Waals surface area (Å²) in [6.07, 6.45) is 7.00. The van der Waals surface area contributed by atoms with Crippen LogP contribution in [-0.4, -0.2) is 41.7 Å². The highest BCUT2D eigenvalue weighted by atomic mass is 35.5. The van der Waals surface area contributed by atoms with Crippen molar-refractivity contribution in [1.29, 1.82) is 0 Å². The monoisotopic (exact) mass is 443 g/mol. The number of carbonyl (C=O) groups is 1. The molecular weight excluding hydrogens is 410 g/mol. The van der Waals surface area contributed by atoms with Crippen LogP contribution in [-0.2, 0) is 15.1 Å². The molecule has 4 nitrogen and oxygen atoms in total. The largest absolute Gasteiger partial charge is 0.462 e. The van der Waals surface area contributed by atoms with Gasteiger partial charge >= 0.3 is 5.97 Å². The molecule has 31 heavy (non-hydrogen) atoms. The van der Waals surface area contributed by atoms with Crippen molar-refractivity contribution in [3.63, 3.8) is 0 Å². The number of carbonyl (C=O) groups excluding carboxylic acids is 1. The summed E-state index contributed by atoms with van der Waals surface area (Å²) < 4.78 is 5.93. The van der Waals surface area contributed by atoms with Gasteiger partial charge in [0, 0.05) is 30.6 Å². The zero-order valence-corrected chi connectivity index (χ0v) is 19.2. The van der Waals surface area contributed by atoms with Gasteiger partial charge < -0.3 is 14.7 Å². The second-order valence-electron chi connectivity index (χ2n) is 10.7. The summed E-state index contributed by atoms with van der Waals surface area (Å²) >= 11 is 6.01. The Hall–Kier alpha value is -1.36. The molecule has 2 aliphatic carbocycles. The first kappa shape index (κ1) is 21.5. The summed E-state index contributed by atoms with van der Waals surface area (Å²) in [5.41, 5.74) is 1.74. The van der Waals surface area contributed by atoms with Crippen molar-refractivity contribution in [2.24, 2.45) is 23.2 Å². The summed E-state index contributed by atoms with van der Waals surface area (Å²) in [6.45, 7) is 9.09. The predicted octanol–water partition coefficient (Wildman–Crippen LogP) is 4.94. The molecule has 5 heteroatoms. The van der Waals surface area contributed by atoms with Crippen molar-refractivity contribution in [3.8, 4) is 0 Å². The standard InChI is InChI=1S/C26H34ClNO3/c1-17-4-3-9-25(2)15-23-20(14-22(17)25)21(24(29)31-23)16-28-12-10-26(30,11-13-28)18-5-7-19(27)8-6-18/h5-8,20-23,30H,1,3-4,9-16H2,2H3. The third kappa shape index (κ3) is 3.85. The Bertz CT molecular complexity index is 860. The van der Waals surface area contributed by atoms with E-state index in [0.29, 0.717) is 29.7 Å². The number of halogens is 1. The molecule has 0 aromatic heterocycles. The molecule has 1 aromatic rings. The van der Waals surface area contributed by atoms with Crippen LogP contribution in [0.3, 0.4) is 0 Å². The molecule has 5 rings (SSSR count). The Morgan fingerprint density at radius 1 is 1.23 bits per heavy atom. The van der Waals surface area contributed by atoms with Gasteiger partial charge in [-0.15, -0.1) is 0 Å². The molecule has 2 saturated heterocycles. The highest BCUT2D eigenvalue weighted by molar-refractivity contribution is 6.30. The third-order valence-electron chi connectivity index (χ3n) is 8.84. The van der Waals surface area contributed by atoms with Crippen molar-refractivity contribution in [2.75, 3.05) is 19.6 Å². The maximum atomic E-state index is 12.9. The zero-order chi connectivity index (χ0) is 21.8. The number of hydrogen-bond donors (Lipinski definition) is 1. The number of allylic oxidation sites excluding steroid dienone is 1. The molecule has 5 unspecified atom stereocenters. The van der Waals surface area contributed by atoms with Gasteiger partial charge in [-0.2, -0.15) is 0 Å². The van der Waals surface area contributed by atoms with E-state index < -0.39 is 5.60 Å². The number of benzene rings is 1. The van der Waals surface area contributed by atoms with Gasteiger partial charge in [-0.25, -0.2) is 0 Å². The van der Waals surface area contributed by atoms with Gasteiger partial charge in [0.2, 0.25) is 0 Å². The lowest BCUT2D eigenvalue weighted by atomic mass is 9.55. The van der Waals surface area contributed by atoms with E-state index in [1.165, 1.54) is 18.4 Å². The second-order valence-corrected chi connectivity index (χ2v) is 11.2. The van der Waals surface area contributed by atoms with E-state index in [-0.39, 0.29) is 23.4 Å². The Morgan fingerprint density at radius 2 is 1.94 bits per heavy atom. The normalized spacial score (nSPS) is 37.8. The van der Waals surface area contributed by atoms with E-state index in [0.717, 1.165) is 44.5 Å². The van der Waals surface area contributed by atoms with Crippen LogP contribution >= 0.6 is 11.6 Å². The number of nitrogens with zero attached hydrogens (tertiary/aromatic N) is 1. The first-order valence-corrected chi connectivity index (χ1v) is 12.2. The van der Waals surface area contributed by atoms with Crippen LogP contribution in [0.2, 0.25) is 5.02 Å². The summed E-state index contributed by atoms with van der Waals surface area (Å²) in [5, 5.41) is 11.9. The fraction of sp³-hybridized carbons (Fsp3) is 0.654. The zero-order valence-electron chi connectivity index (χ0n) is 18.5. The molecule has 0 bridgehead atoms. The smallest absolute Gasteiger partial charge is 0.310 e. The van der Waals surface area contributed by atoms with Gasteiger partial charge in [0.1, 0.15) is 6.10 Å². The van der Waals surface area contributed by atoms with E-state index in [1.54, 1.807) is 0 Å². The Balaban J connectivity index is 1.24. The molecule has 168 valence electrons. The summed E-state index contributed by atoms with van der Waals surface area (Å²) in [5.74, 6) is 0.765. The maximum Gasteiger partial charge on any atom is 0.310 e. The topological polar surface area (TPSA) is 49.8 Å². The van der Waals surface area contributed by atoms with Crippen LogP contribution < -0.4 is 0 Å². The molecule has 0 amide bonds. The molecule has 1 aromatic carbocycles. The summed E-state index contributed by atoms with van der Waals surface area (Å²) in [6, 6.07) is 7.53. The van der Waals surface area contributed by atoms with Crippen LogP contribution in [0.4, 0.5) is 0 Å². The van der Waals surface area contributed by atoms with E-state index in [4.69, 9.17) is 16.3 Å². The van der Waals surface area contributed by atoms with Gasteiger partial charge in [-0.1, -0.05) is 42.8 Å². The minimum absolute atomic E-state index is 0.0126. The van der Waals surface area contributed by atoms with Gasteiger partial charge in [0.15, 0.2) is 0 Å². The number of ether oxygens (including phenoxy) is 1. The van der Waals surface area contributed by atoms with Crippen molar-refractivity contribution in [3.05, 3.63) is 47.0 Å². The van der Waals surface area contributed by atoms with Gasteiger partial charge in [-0.3, -0.25) is 4.79 Å². The number of rotatable bonds is 3. The molecule has 1 N–H and O–H groups in total. The molecule has 5 atom stereocenters. The van der Waals surface area contributed by atoms with Crippen LogP contribution in [0.5, 0.6) is 0 Å². The van der Waals surface area contributed by atoms with Crippen molar-refractivity contribution in [1.82, 2.24) is 4.90 Å². The molecule has 0 spiro atoms. The molecule has 2 saturated carbocycles. The first-order chi connectivity index (χ1) is 14.8. The number of esters is 1. The van der Waals surface area contributed by atoms with Gasteiger partial charge in [0.05, 0.1) is 11.5 Å². The van der Waals surface area contributed by atoms with E-state index in [2.05, 4.69) is 18.4 Å². The predicted molar refractivity (Wildman–Crippen MR) is 122 cm³/mol. The Labute approximate surface area is 190 Å². The van der Waals surface area contributed by atoms with Crippen LogP contribution in [0.15, 0.2) is 36.4 Å². The highest BCUT2D eigenvalue weighted by Crippen LogP contribution is 2.57. The second kappa shape index (κ2) is 7.90. The Kier molecular flexibility index (Phi) is 5.47. The fourth-order valence-corrected chi connectivity index (χ4v) is 7.02. The Morgan fingerprint density at radius 3 is 2.65 bits per heavy atom. The van der Waals surface area contributed by atoms with Crippen LogP contribution in [0.25, 0.3) is 0 Å². The number of aliphatic hydroxyl groups is 1. The lowest BCUT2D eigenvalue weighted by Gasteiger charge is -2.50. The summed E-state index contributed by atoms with van der Waals surface area (Å²) in [7, 11) is 0. The number of fused-ring (bicyclic) bond motifs is 2. The number of hydrogen-bond acceptors (Lipinski definition) is 4. The fourth-order valence-electron chi connectivity index (χ4n) is 6.90. The third-order valence-corrected chi connectivity index (χ3v) is 9.09. The summed E-state index contributed by atoms with van der Waals surface area (Å²) in [4.78, 5) is 15.2. The average molecular weight is 444 g/mol. The van der Waals surface area contributed by atoms with Gasteiger partial charge in [-0.05, 0) is 74.0 Å². The lowest BCUT2D eigenvalue weighted by Crippen LogP contribution is -2.48. The molecule has 2 heterocycles. The highest BCUT2D eigenvalue weighted by Gasteiger charge is 2.55. The van der Waals surface area contributed by atoms with Gasteiger partial charge in [0.25, 0.3) is 0 Å². The van der Waals surface area contributed by atoms with Crippen molar-refractivity contribution < 1.29 is 14.6 Å². The van der Waals surface area contributed by atoms with Crippen LogP contribution in [0, 0.1) is 23.2 Å².